The molecule has 52 heavy (non-hydrogen) atoms. The van der Waals surface area contributed by atoms with Crippen LogP contribution in [0.25, 0.3) is 0 Å². The van der Waals surface area contributed by atoms with Gasteiger partial charge in [0.25, 0.3) is 11.8 Å². The second kappa shape index (κ2) is 13.6. The highest BCUT2D eigenvalue weighted by Crippen LogP contribution is 2.66. The van der Waals surface area contributed by atoms with Gasteiger partial charge in [0.1, 0.15) is 18.1 Å². The molecule has 1 N–H and O–H groups in total. The second-order valence-electron chi connectivity index (χ2n) is 14.5. The van der Waals surface area contributed by atoms with Gasteiger partial charge >= 0.3 is 0 Å². The van der Waals surface area contributed by atoms with Gasteiger partial charge in [-0.2, -0.15) is 0 Å². The van der Waals surface area contributed by atoms with E-state index in [1.807, 2.05) is 54.6 Å². The van der Waals surface area contributed by atoms with E-state index in [1.54, 1.807) is 12.1 Å². The number of carbonyl (C=O) groups is 4. The minimum Gasteiger partial charge on any atom is -0.508 e. The molecule has 3 saturated heterocycles. The van der Waals surface area contributed by atoms with E-state index >= 15 is 0 Å². The zero-order valence-corrected chi connectivity index (χ0v) is 31.4. The molecule has 5 aliphatic rings. The summed E-state index contributed by atoms with van der Waals surface area (Å²) in [7, 11) is 0. The Balaban J connectivity index is 1.10. The van der Waals surface area contributed by atoms with Crippen LogP contribution in [-0.2, 0) is 32.3 Å². The fraction of sp³-hybridized carbons (Fsp3) is 0.400. The third kappa shape index (κ3) is 5.51. The van der Waals surface area contributed by atoms with Crippen LogP contribution < -0.4 is 4.74 Å². The summed E-state index contributed by atoms with van der Waals surface area (Å²) in [5.74, 6) is -4.72. The number of fused-ring (bicyclic) bond motifs is 4. The monoisotopic (exact) mass is 805 g/mol. The van der Waals surface area contributed by atoms with Crippen molar-refractivity contribution in [2.75, 3.05) is 18.5 Å². The topological polar surface area (TPSA) is 107 Å². The van der Waals surface area contributed by atoms with Gasteiger partial charge in [0.05, 0.1) is 17.3 Å². The van der Waals surface area contributed by atoms with Crippen LogP contribution >= 0.6 is 39.1 Å². The van der Waals surface area contributed by atoms with E-state index in [-0.39, 0.29) is 48.5 Å². The Morgan fingerprint density at radius 3 is 2.17 bits per heavy atom. The van der Waals surface area contributed by atoms with E-state index in [9.17, 15) is 24.3 Å². The van der Waals surface area contributed by atoms with Crippen LogP contribution in [0.5, 0.6) is 11.5 Å². The van der Waals surface area contributed by atoms with Crippen LogP contribution in [0.15, 0.2) is 90.5 Å². The molecule has 4 amide bonds. The van der Waals surface area contributed by atoms with Crippen molar-refractivity contribution in [3.63, 3.8) is 0 Å². The van der Waals surface area contributed by atoms with Gasteiger partial charge in [-0.15, -0.1) is 23.2 Å². The quantitative estimate of drug-likeness (QED) is 0.123. The van der Waals surface area contributed by atoms with Crippen LogP contribution in [0.1, 0.15) is 48.3 Å². The van der Waals surface area contributed by atoms with Gasteiger partial charge in [-0.3, -0.25) is 33.9 Å². The Morgan fingerprint density at radius 2 is 1.52 bits per heavy atom. The number of hydrogen-bond acceptors (Lipinski definition) is 7. The summed E-state index contributed by atoms with van der Waals surface area (Å²) < 4.78 is 5.95. The molecule has 2 aliphatic carbocycles. The lowest BCUT2D eigenvalue weighted by Crippen LogP contribution is -2.60. The first-order chi connectivity index (χ1) is 25.1. The van der Waals surface area contributed by atoms with Gasteiger partial charge < -0.3 is 9.84 Å². The van der Waals surface area contributed by atoms with Gasteiger partial charge in [0, 0.05) is 43.2 Å². The average molecular weight is 808 g/mol. The standard InChI is InChI=1S/C40H38BrCl2N3O6/c41-23-45-37(50)39(42)20-31-28(34(40(39,43)38(45)51)29-12-11-27(19-32(29)47)52-22-25-9-5-2-6-10-25)13-14-30-33(31)36(49)46(35(30)48)26-15-17-44(18-16-26)21-24-7-3-1-4-8-24/h1-13,19,26,30-31,33-34,47H,14-18,20-23H2/t30-,31+,33-,34+,39+,40-/m0/s1. The highest BCUT2D eigenvalue weighted by atomic mass is 79.9. The van der Waals surface area contributed by atoms with Crippen LogP contribution in [0.4, 0.5) is 0 Å². The molecule has 3 aliphatic heterocycles. The highest BCUT2D eigenvalue weighted by molar-refractivity contribution is 9.09. The first-order valence-electron chi connectivity index (χ1n) is 17.7. The molecule has 6 atom stereocenters. The molecule has 4 fully saturated rings. The summed E-state index contributed by atoms with van der Waals surface area (Å²) in [5, 5.41) is 11.6. The number of likely N-dealkylation sites (tertiary alicyclic amines) is 3. The number of phenolic OH excluding ortho intramolecular Hbond substituents is 1. The zero-order chi connectivity index (χ0) is 36.4. The maximum absolute atomic E-state index is 14.5. The fourth-order valence-electron chi connectivity index (χ4n) is 9.26. The molecule has 3 aromatic rings. The molecule has 0 aromatic heterocycles. The SMILES string of the molecule is O=C1[C@H]2[C@H](CC=C3[C@H]2C[C@@]2(Cl)C(=O)N(CBr)C(=O)[C@@]2(Cl)[C@H]3c2ccc(OCc3ccccc3)cc2O)C(=O)N1C1CCN(Cc2ccccc2)CC1. The minimum absolute atomic E-state index is 0.100. The number of amides is 4. The summed E-state index contributed by atoms with van der Waals surface area (Å²) in [5.41, 5.74) is 2.97. The van der Waals surface area contributed by atoms with Crippen LogP contribution in [0.2, 0.25) is 0 Å². The first-order valence-corrected chi connectivity index (χ1v) is 19.6. The number of nitrogens with zero attached hydrogens (tertiary/aromatic N) is 3. The number of ether oxygens (including phenoxy) is 1. The number of benzene rings is 3. The van der Waals surface area contributed by atoms with E-state index in [4.69, 9.17) is 27.9 Å². The molecule has 0 unspecified atom stereocenters. The smallest absolute Gasteiger partial charge is 0.254 e. The summed E-state index contributed by atoms with van der Waals surface area (Å²) in [6, 6.07) is 24.4. The lowest BCUT2D eigenvalue weighted by molar-refractivity contribution is -0.144. The van der Waals surface area contributed by atoms with Crippen molar-refractivity contribution < 1.29 is 29.0 Å². The number of carbonyl (C=O) groups excluding carboxylic acids is 4. The van der Waals surface area contributed by atoms with Crippen molar-refractivity contribution in [2.24, 2.45) is 17.8 Å². The minimum atomic E-state index is -2.00. The van der Waals surface area contributed by atoms with Crippen LogP contribution in [0.3, 0.4) is 0 Å². The lowest BCUT2D eigenvalue weighted by Gasteiger charge is -2.50. The van der Waals surface area contributed by atoms with Crippen molar-refractivity contribution in [3.8, 4) is 11.5 Å². The summed E-state index contributed by atoms with van der Waals surface area (Å²) in [6.07, 6.45) is 3.40. The number of piperidine rings is 1. The Morgan fingerprint density at radius 1 is 0.846 bits per heavy atom. The number of allylic oxidation sites excluding steroid dienone is 2. The van der Waals surface area contributed by atoms with E-state index in [0.717, 1.165) is 30.1 Å². The Bertz CT molecular complexity index is 1960. The van der Waals surface area contributed by atoms with Crippen molar-refractivity contribution in [1.82, 2.24) is 14.7 Å². The summed E-state index contributed by atoms with van der Waals surface area (Å²) in [6.45, 7) is 2.59. The van der Waals surface area contributed by atoms with E-state index < -0.39 is 45.2 Å². The highest BCUT2D eigenvalue weighted by Gasteiger charge is 2.76. The summed E-state index contributed by atoms with van der Waals surface area (Å²) >= 11 is 18.0. The predicted octanol–water partition coefficient (Wildman–Crippen LogP) is 6.35. The van der Waals surface area contributed by atoms with E-state index in [1.165, 1.54) is 16.5 Å². The van der Waals surface area contributed by atoms with Crippen molar-refractivity contribution in [1.29, 1.82) is 0 Å². The van der Waals surface area contributed by atoms with E-state index in [2.05, 4.69) is 33.0 Å². The molecular formula is C40H38BrCl2N3O6. The van der Waals surface area contributed by atoms with Gasteiger partial charge in [0.15, 0.2) is 9.75 Å². The molecule has 12 heteroatoms. The van der Waals surface area contributed by atoms with Gasteiger partial charge in [-0.05, 0) is 48.8 Å². The molecule has 0 spiro atoms. The van der Waals surface area contributed by atoms with Gasteiger partial charge in [0.2, 0.25) is 11.8 Å². The number of aromatic hydroxyl groups is 1. The fourth-order valence-corrected chi connectivity index (χ4v) is 10.7. The van der Waals surface area contributed by atoms with Crippen LogP contribution in [0, 0.1) is 17.8 Å². The predicted molar refractivity (Wildman–Crippen MR) is 199 cm³/mol. The molecule has 3 heterocycles. The van der Waals surface area contributed by atoms with E-state index in [0.29, 0.717) is 29.7 Å². The third-order valence-corrected chi connectivity index (χ3v) is 13.7. The lowest BCUT2D eigenvalue weighted by atomic mass is 9.56. The molecule has 3 aromatic carbocycles. The molecule has 270 valence electrons. The van der Waals surface area contributed by atoms with Gasteiger partial charge in [-0.25, -0.2) is 0 Å². The Labute approximate surface area is 320 Å². The maximum Gasteiger partial charge on any atom is 0.254 e. The second-order valence-corrected chi connectivity index (χ2v) is 16.3. The van der Waals surface area contributed by atoms with Crippen molar-refractivity contribution in [3.05, 3.63) is 107 Å². The number of imide groups is 2. The Kier molecular flexibility index (Phi) is 9.25. The number of alkyl halides is 3. The number of rotatable bonds is 8. The molecule has 0 bridgehead atoms. The molecule has 8 rings (SSSR count). The molecule has 0 radical (unpaired) electrons. The van der Waals surface area contributed by atoms with Crippen LogP contribution in [-0.4, -0.2) is 77.8 Å². The third-order valence-electron chi connectivity index (χ3n) is 11.8. The summed E-state index contributed by atoms with van der Waals surface area (Å²) in [4.78, 5) is 57.6. The maximum atomic E-state index is 14.5. The van der Waals surface area contributed by atoms with Gasteiger partial charge in [-0.1, -0.05) is 94.3 Å². The molecular weight excluding hydrogens is 769 g/mol. The normalized spacial score (nSPS) is 30.6. The first kappa shape index (κ1) is 35.3. The van der Waals surface area contributed by atoms with Crippen molar-refractivity contribution >= 4 is 62.8 Å². The number of hydrogen-bond donors (Lipinski definition) is 1. The number of phenols is 1. The van der Waals surface area contributed by atoms with Crippen molar-refractivity contribution in [2.45, 2.75) is 60.5 Å². The molecule has 1 saturated carbocycles. The largest absolute Gasteiger partial charge is 0.508 e. The average Bonchev–Trinajstić information content (AvgIpc) is 3.49. The molecule has 9 nitrogen and oxygen atoms in total. The zero-order valence-electron chi connectivity index (χ0n) is 28.3. The number of halogens is 3. The Hall–Kier alpha value is -3.70.